The van der Waals surface area contributed by atoms with E-state index in [-0.39, 0.29) is 29.5 Å². The van der Waals surface area contributed by atoms with E-state index in [1.165, 1.54) is 6.92 Å². The molecule has 0 heterocycles. The minimum atomic E-state index is -1.08. The van der Waals surface area contributed by atoms with E-state index < -0.39 is 17.9 Å². The van der Waals surface area contributed by atoms with E-state index in [4.69, 9.17) is 10.2 Å². The van der Waals surface area contributed by atoms with Crippen molar-refractivity contribution < 1.29 is 19.8 Å². The van der Waals surface area contributed by atoms with Crippen molar-refractivity contribution in [2.24, 2.45) is 5.92 Å². The third-order valence-electron chi connectivity index (χ3n) is 0.902. The zero-order valence-electron chi connectivity index (χ0n) is 5.00. The Kier molecular flexibility index (Phi) is 6.80. The lowest BCUT2D eigenvalue weighted by Gasteiger charge is -1.98. The fraction of sp³-hybridized carbons (Fsp3) is 0.600. The number of aliphatic carboxylic acids is 2. The number of rotatable bonds is 3. The highest BCUT2D eigenvalue weighted by atomic mass is 24.3. The van der Waals surface area contributed by atoms with Crippen LogP contribution in [0, 0.1) is 5.92 Å². The SMILES string of the molecule is CC(CC(=O)O)C(=O)O.[MgH2]. The van der Waals surface area contributed by atoms with E-state index >= 15 is 0 Å². The molecule has 1 atom stereocenters. The minimum Gasteiger partial charge on any atom is -0.481 e. The van der Waals surface area contributed by atoms with Crippen molar-refractivity contribution in [2.75, 3.05) is 0 Å². The summed E-state index contributed by atoms with van der Waals surface area (Å²) in [6.45, 7) is 1.36. The number of hydrogen-bond donors (Lipinski definition) is 2. The minimum absolute atomic E-state index is 0. The Morgan fingerprint density at radius 2 is 1.80 bits per heavy atom. The normalized spacial score (nSPS) is 11.3. The lowest BCUT2D eigenvalue weighted by Crippen LogP contribution is -2.13. The molecule has 0 bridgehead atoms. The maximum atomic E-state index is 9.97. The van der Waals surface area contributed by atoms with Crippen LogP contribution in [0.4, 0.5) is 0 Å². The largest absolute Gasteiger partial charge is 0.481 e. The van der Waals surface area contributed by atoms with Crippen molar-refractivity contribution in [3.63, 3.8) is 0 Å². The molecule has 0 saturated heterocycles. The first-order valence-electron chi connectivity index (χ1n) is 2.48. The summed E-state index contributed by atoms with van der Waals surface area (Å²) < 4.78 is 0. The molecule has 0 aliphatic carbocycles. The van der Waals surface area contributed by atoms with Gasteiger partial charge in [0, 0.05) is 0 Å². The standard InChI is InChI=1S/C5H8O4.Mg.2H/c1-3(5(8)9)2-4(6)7;;;/h3H,2H2,1H3,(H,6,7)(H,8,9);;;. The van der Waals surface area contributed by atoms with Gasteiger partial charge < -0.3 is 10.2 Å². The Bertz CT molecular complexity index is 134. The second-order valence-corrected chi connectivity index (χ2v) is 1.84. The molecular weight excluding hydrogens is 148 g/mol. The van der Waals surface area contributed by atoms with Crippen LogP contribution >= 0.6 is 0 Å². The summed E-state index contributed by atoms with van der Waals surface area (Å²) in [5.41, 5.74) is 0. The molecule has 0 spiro atoms. The van der Waals surface area contributed by atoms with Gasteiger partial charge in [-0.2, -0.15) is 0 Å². The number of carbonyl (C=O) groups is 2. The molecule has 0 aliphatic rings. The molecular formula is C5H10MgO4. The molecule has 2 N–H and O–H groups in total. The molecule has 56 valence electrons. The van der Waals surface area contributed by atoms with Crippen LogP contribution in [0.2, 0.25) is 0 Å². The van der Waals surface area contributed by atoms with Gasteiger partial charge in [-0.05, 0) is 0 Å². The molecule has 0 aromatic heterocycles. The molecule has 1 unspecified atom stereocenters. The Morgan fingerprint density at radius 3 is 1.90 bits per heavy atom. The van der Waals surface area contributed by atoms with Gasteiger partial charge in [-0.15, -0.1) is 0 Å². The molecule has 0 radical (unpaired) electrons. The maximum Gasteiger partial charge on any atom is 0.316 e. The van der Waals surface area contributed by atoms with Crippen LogP contribution in [0.25, 0.3) is 0 Å². The monoisotopic (exact) mass is 158 g/mol. The smallest absolute Gasteiger partial charge is 0.316 e. The summed E-state index contributed by atoms with van der Waals surface area (Å²) in [7, 11) is 0. The third kappa shape index (κ3) is 5.84. The predicted octanol–water partition coefficient (Wildman–Crippen LogP) is -0.734. The van der Waals surface area contributed by atoms with Gasteiger partial charge in [0.05, 0.1) is 12.3 Å². The van der Waals surface area contributed by atoms with Crippen LogP contribution in [0.15, 0.2) is 0 Å². The van der Waals surface area contributed by atoms with Crippen molar-refractivity contribution in [3.8, 4) is 0 Å². The fourth-order valence-electron chi connectivity index (χ4n) is 0.349. The molecule has 5 heteroatoms. The van der Waals surface area contributed by atoms with E-state index in [0.29, 0.717) is 0 Å². The molecule has 0 aliphatic heterocycles. The summed E-state index contributed by atoms with van der Waals surface area (Å²) in [6.07, 6.45) is -0.310. The third-order valence-corrected chi connectivity index (χ3v) is 0.902. The highest BCUT2D eigenvalue weighted by molar-refractivity contribution is 5.77. The van der Waals surface area contributed by atoms with E-state index in [2.05, 4.69) is 0 Å². The molecule has 0 fully saturated rings. The van der Waals surface area contributed by atoms with Gasteiger partial charge in [0.1, 0.15) is 0 Å². The quantitative estimate of drug-likeness (QED) is 0.531. The van der Waals surface area contributed by atoms with Crippen molar-refractivity contribution in [3.05, 3.63) is 0 Å². The van der Waals surface area contributed by atoms with E-state index in [1.54, 1.807) is 0 Å². The first-order valence-corrected chi connectivity index (χ1v) is 2.48. The topological polar surface area (TPSA) is 74.6 Å². The molecule has 0 aromatic rings. The Labute approximate surface area is 74.4 Å². The summed E-state index contributed by atoms with van der Waals surface area (Å²) in [5, 5.41) is 16.2. The van der Waals surface area contributed by atoms with Crippen molar-refractivity contribution >= 4 is 35.0 Å². The van der Waals surface area contributed by atoms with Gasteiger partial charge >= 0.3 is 35.0 Å². The summed E-state index contributed by atoms with van der Waals surface area (Å²) in [5.74, 6) is -2.94. The average Bonchev–Trinajstić information content (AvgIpc) is 1.63. The Hall–Kier alpha value is -0.294. The number of hydrogen-bond acceptors (Lipinski definition) is 2. The average molecular weight is 158 g/mol. The summed E-state index contributed by atoms with van der Waals surface area (Å²) in [6, 6.07) is 0. The first kappa shape index (κ1) is 12.4. The van der Waals surface area contributed by atoms with Crippen LogP contribution < -0.4 is 0 Å². The van der Waals surface area contributed by atoms with Gasteiger partial charge in [0.25, 0.3) is 0 Å². The maximum absolute atomic E-state index is 9.97. The van der Waals surface area contributed by atoms with Gasteiger partial charge in [-0.1, -0.05) is 6.92 Å². The lowest BCUT2D eigenvalue weighted by atomic mass is 10.1. The highest BCUT2D eigenvalue weighted by Gasteiger charge is 2.13. The summed E-state index contributed by atoms with van der Waals surface area (Å²) in [4.78, 5) is 19.8. The first-order chi connectivity index (χ1) is 4.04. The van der Waals surface area contributed by atoms with Gasteiger partial charge in [0.15, 0.2) is 0 Å². The zero-order valence-corrected chi connectivity index (χ0v) is 5.00. The second-order valence-electron chi connectivity index (χ2n) is 1.84. The van der Waals surface area contributed by atoms with Crippen LogP contribution in [0.1, 0.15) is 13.3 Å². The number of carboxylic acid groups (broad SMARTS) is 2. The number of carboxylic acids is 2. The fourth-order valence-corrected chi connectivity index (χ4v) is 0.349. The van der Waals surface area contributed by atoms with Crippen LogP contribution in [0.3, 0.4) is 0 Å². The Morgan fingerprint density at radius 1 is 1.40 bits per heavy atom. The predicted molar refractivity (Wildman–Crippen MR) is 37.6 cm³/mol. The van der Waals surface area contributed by atoms with Crippen LogP contribution in [-0.2, 0) is 9.59 Å². The van der Waals surface area contributed by atoms with Crippen molar-refractivity contribution in [1.29, 1.82) is 0 Å². The molecule has 0 saturated carbocycles. The van der Waals surface area contributed by atoms with E-state index in [1.807, 2.05) is 0 Å². The van der Waals surface area contributed by atoms with Gasteiger partial charge in [-0.25, -0.2) is 0 Å². The summed E-state index contributed by atoms with van der Waals surface area (Å²) >= 11 is 0. The second kappa shape index (κ2) is 5.49. The molecule has 10 heavy (non-hydrogen) atoms. The van der Waals surface area contributed by atoms with Crippen molar-refractivity contribution in [2.45, 2.75) is 13.3 Å². The molecule has 4 nitrogen and oxygen atoms in total. The van der Waals surface area contributed by atoms with Crippen LogP contribution in [-0.4, -0.2) is 45.2 Å². The molecule has 0 rings (SSSR count). The molecule has 0 aromatic carbocycles. The Balaban J connectivity index is 0. The molecule has 0 amide bonds. The highest BCUT2D eigenvalue weighted by Crippen LogP contribution is 1.99. The van der Waals surface area contributed by atoms with E-state index in [0.717, 1.165) is 0 Å². The lowest BCUT2D eigenvalue weighted by molar-refractivity contribution is -0.147. The zero-order chi connectivity index (χ0) is 7.44. The van der Waals surface area contributed by atoms with Gasteiger partial charge in [0.2, 0.25) is 0 Å². The van der Waals surface area contributed by atoms with Crippen molar-refractivity contribution in [1.82, 2.24) is 0 Å². The van der Waals surface area contributed by atoms with Crippen LogP contribution in [0.5, 0.6) is 0 Å². The van der Waals surface area contributed by atoms with E-state index in [9.17, 15) is 9.59 Å². The van der Waals surface area contributed by atoms with Gasteiger partial charge in [-0.3, -0.25) is 9.59 Å².